The van der Waals surface area contributed by atoms with Gasteiger partial charge in [-0.05, 0) is 92.5 Å². The molecule has 0 aromatic heterocycles. The average molecular weight is 332 g/mol. The predicted octanol–water partition coefficient (Wildman–Crippen LogP) is 7.36. The van der Waals surface area contributed by atoms with Gasteiger partial charge in [0, 0.05) is 5.92 Å². The summed E-state index contributed by atoms with van der Waals surface area (Å²) < 4.78 is 0. The highest BCUT2D eigenvalue weighted by atomic mass is 14.3. The van der Waals surface area contributed by atoms with Crippen LogP contribution in [-0.4, -0.2) is 0 Å². The van der Waals surface area contributed by atoms with Crippen molar-refractivity contribution in [2.75, 3.05) is 0 Å². The van der Waals surface area contributed by atoms with Crippen LogP contribution in [0.3, 0.4) is 0 Å². The summed E-state index contributed by atoms with van der Waals surface area (Å²) in [4.78, 5) is 0. The Kier molecular flexibility index (Phi) is 2.93. The first-order valence-corrected chi connectivity index (χ1v) is 9.65. The van der Waals surface area contributed by atoms with Crippen molar-refractivity contribution in [2.45, 2.75) is 19.3 Å². The topological polar surface area (TPSA) is 0 Å². The molecule has 0 heterocycles. The molecule has 0 aliphatic heterocycles. The molecule has 0 heteroatoms. The van der Waals surface area contributed by atoms with Gasteiger partial charge in [0.1, 0.15) is 0 Å². The van der Waals surface area contributed by atoms with Crippen LogP contribution in [0.1, 0.15) is 30.4 Å². The molecule has 0 spiro atoms. The van der Waals surface area contributed by atoms with Gasteiger partial charge in [0.25, 0.3) is 0 Å². The van der Waals surface area contributed by atoms with Crippen molar-refractivity contribution < 1.29 is 0 Å². The van der Waals surface area contributed by atoms with Crippen molar-refractivity contribution in [1.82, 2.24) is 0 Å². The van der Waals surface area contributed by atoms with E-state index in [1.807, 2.05) is 0 Å². The van der Waals surface area contributed by atoms with Gasteiger partial charge in [0.15, 0.2) is 0 Å². The van der Waals surface area contributed by atoms with Crippen molar-refractivity contribution >= 4 is 44.0 Å². The second-order valence-electron chi connectivity index (χ2n) is 7.70. The lowest BCUT2D eigenvalue weighted by Crippen LogP contribution is -2.09. The van der Waals surface area contributed by atoms with Crippen LogP contribution in [0.15, 0.2) is 72.8 Å². The summed E-state index contributed by atoms with van der Waals surface area (Å²) in [6.07, 6.45) is 11.1. The number of rotatable bonds is 0. The van der Waals surface area contributed by atoms with Crippen LogP contribution in [0.25, 0.3) is 44.0 Å². The van der Waals surface area contributed by atoms with Crippen molar-refractivity contribution in [2.24, 2.45) is 5.92 Å². The van der Waals surface area contributed by atoms with Crippen LogP contribution in [0, 0.1) is 5.92 Å². The summed E-state index contributed by atoms with van der Waals surface area (Å²) in [5.41, 5.74) is 4.38. The molecule has 0 fully saturated rings. The van der Waals surface area contributed by atoms with E-state index in [1.54, 1.807) is 5.57 Å². The van der Waals surface area contributed by atoms with Crippen LogP contribution in [0.4, 0.5) is 0 Å². The third-order valence-electron chi connectivity index (χ3n) is 6.17. The minimum atomic E-state index is 0.623. The Morgan fingerprint density at radius 1 is 0.731 bits per heavy atom. The van der Waals surface area contributed by atoms with Crippen LogP contribution in [-0.2, 0) is 0 Å². The number of fused-ring (bicyclic) bond motifs is 7. The third kappa shape index (κ3) is 2.02. The Labute approximate surface area is 153 Å². The highest BCUT2D eigenvalue weighted by molar-refractivity contribution is 6.13. The van der Waals surface area contributed by atoms with Crippen molar-refractivity contribution in [3.63, 3.8) is 0 Å². The summed E-state index contributed by atoms with van der Waals surface area (Å²) in [6.45, 7) is 0. The summed E-state index contributed by atoms with van der Waals surface area (Å²) >= 11 is 0. The van der Waals surface area contributed by atoms with E-state index in [-0.39, 0.29) is 0 Å². The van der Waals surface area contributed by atoms with Crippen LogP contribution >= 0.6 is 0 Å². The summed E-state index contributed by atoms with van der Waals surface area (Å²) in [5, 5.41) is 8.03. The lowest BCUT2D eigenvalue weighted by Gasteiger charge is -2.27. The fourth-order valence-electron chi connectivity index (χ4n) is 4.83. The maximum absolute atomic E-state index is 2.47. The molecule has 2 aliphatic rings. The van der Waals surface area contributed by atoms with Crippen LogP contribution < -0.4 is 0 Å². The normalized spacial score (nSPS) is 18.8. The van der Waals surface area contributed by atoms with Gasteiger partial charge in [-0.2, -0.15) is 0 Å². The molecule has 4 aromatic rings. The monoisotopic (exact) mass is 332 g/mol. The van der Waals surface area contributed by atoms with Crippen LogP contribution in [0.2, 0.25) is 0 Å². The molecule has 0 saturated carbocycles. The molecule has 0 bridgehead atoms. The quantitative estimate of drug-likeness (QED) is 0.233. The molecule has 6 rings (SSSR count). The van der Waals surface area contributed by atoms with Gasteiger partial charge in [-0.3, -0.25) is 0 Å². The first-order chi connectivity index (χ1) is 12.9. The van der Waals surface area contributed by atoms with E-state index in [0.717, 1.165) is 0 Å². The molecule has 4 aromatic carbocycles. The average Bonchev–Trinajstić information content (AvgIpc) is 2.71. The second-order valence-corrected chi connectivity index (χ2v) is 7.70. The number of hydrogen-bond acceptors (Lipinski definition) is 0. The van der Waals surface area contributed by atoms with E-state index < -0.39 is 0 Å². The van der Waals surface area contributed by atoms with Gasteiger partial charge < -0.3 is 0 Å². The molecule has 0 amide bonds. The first kappa shape index (κ1) is 14.3. The van der Waals surface area contributed by atoms with Gasteiger partial charge in [-0.15, -0.1) is 0 Å². The highest BCUT2D eigenvalue weighted by Crippen LogP contribution is 2.42. The van der Waals surface area contributed by atoms with E-state index in [4.69, 9.17) is 0 Å². The molecule has 0 radical (unpaired) electrons. The third-order valence-corrected chi connectivity index (χ3v) is 6.17. The zero-order valence-corrected chi connectivity index (χ0v) is 14.7. The number of benzene rings is 4. The van der Waals surface area contributed by atoms with E-state index >= 15 is 0 Å². The van der Waals surface area contributed by atoms with Crippen molar-refractivity contribution in [3.8, 4) is 0 Å². The number of hydrogen-bond donors (Lipinski definition) is 0. The zero-order chi connectivity index (χ0) is 17.1. The van der Waals surface area contributed by atoms with Crippen LogP contribution in [0.5, 0.6) is 0 Å². The minimum absolute atomic E-state index is 0.623. The first-order valence-electron chi connectivity index (χ1n) is 9.65. The number of allylic oxidation sites excluding steroid dienone is 3. The highest BCUT2D eigenvalue weighted by Gasteiger charge is 2.22. The Morgan fingerprint density at radius 3 is 2.38 bits per heavy atom. The smallest absolute Gasteiger partial charge is 0.00244 e. The van der Waals surface area contributed by atoms with Gasteiger partial charge in [0.2, 0.25) is 0 Å². The minimum Gasteiger partial charge on any atom is -0.0801 e. The fraction of sp³-hybridized carbons (Fsp3) is 0.154. The van der Waals surface area contributed by atoms with E-state index in [2.05, 4.69) is 78.9 Å². The maximum atomic E-state index is 2.47. The van der Waals surface area contributed by atoms with E-state index in [0.29, 0.717) is 5.92 Å². The predicted molar refractivity (Wildman–Crippen MR) is 113 cm³/mol. The Morgan fingerprint density at radius 2 is 1.50 bits per heavy atom. The summed E-state index contributed by atoms with van der Waals surface area (Å²) in [5.74, 6) is 0.623. The standard InChI is InChI=1S/C26H20/c1-2-7-19-14-25-20(13-18(19)6-1)11-12-22-15-24-21(16-26(22)25)10-9-17-5-3-4-8-23(17)24/h1-2,6-17H,3-5H2. The van der Waals surface area contributed by atoms with Gasteiger partial charge in [-0.1, -0.05) is 54.6 Å². The Bertz CT molecular complexity index is 1250. The molecule has 1 unspecified atom stereocenters. The molecule has 26 heavy (non-hydrogen) atoms. The van der Waals surface area contributed by atoms with E-state index in [1.165, 1.54) is 62.7 Å². The molecular formula is C26H20. The molecular weight excluding hydrogens is 312 g/mol. The molecule has 124 valence electrons. The van der Waals surface area contributed by atoms with Crippen molar-refractivity contribution in [1.29, 1.82) is 0 Å². The lowest BCUT2D eigenvalue weighted by atomic mass is 9.77. The Hall–Kier alpha value is -2.86. The molecule has 0 saturated heterocycles. The van der Waals surface area contributed by atoms with Gasteiger partial charge >= 0.3 is 0 Å². The fourth-order valence-corrected chi connectivity index (χ4v) is 4.83. The van der Waals surface area contributed by atoms with Gasteiger partial charge in [-0.25, -0.2) is 0 Å². The SMILES string of the molecule is C1=CC2CCCC=C2c2cc3ccc4cc5ccccc5cc4c3cc21. The maximum Gasteiger partial charge on any atom is 0.00244 e. The summed E-state index contributed by atoms with van der Waals surface area (Å²) in [7, 11) is 0. The van der Waals surface area contributed by atoms with E-state index in [9.17, 15) is 0 Å². The largest absolute Gasteiger partial charge is 0.0801 e. The lowest BCUT2D eigenvalue weighted by molar-refractivity contribution is 0.646. The Balaban J connectivity index is 1.68. The zero-order valence-electron chi connectivity index (χ0n) is 14.7. The second kappa shape index (κ2) is 5.32. The molecule has 0 N–H and O–H groups in total. The molecule has 2 aliphatic carbocycles. The summed E-state index contributed by atoms with van der Waals surface area (Å²) in [6, 6.07) is 22.7. The molecule has 1 atom stereocenters. The van der Waals surface area contributed by atoms with Gasteiger partial charge in [0.05, 0.1) is 0 Å². The molecule has 0 nitrogen and oxygen atoms in total. The van der Waals surface area contributed by atoms with Crippen molar-refractivity contribution in [3.05, 3.63) is 83.9 Å².